The third-order valence-corrected chi connectivity index (χ3v) is 5.53. The van der Waals surface area contributed by atoms with Gasteiger partial charge in [-0.3, -0.25) is 4.99 Å². The molecule has 2 aromatic rings. The molecule has 1 aliphatic rings. The summed E-state index contributed by atoms with van der Waals surface area (Å²) in [5.74, 6) is 0.837. The molecule has 0 amide bonds. The van der Waals surface area contributed by atoms with Crippen molar-refractivity contribution in [2.24, 2.45) is 4.99 Å². The average molecular weight is 508 g/mol. The van der Waals surface area contributed by atoms with Gasteiger partial charge in [-0.25, -0.2) is 0 Å². The molecule has 4 nitrogen and oxygen atoms in total. The van der Waals surface area contributed by atoms with Gasteiger partial charge in [0.15, 0.2) is 5.96 Å². The number of aliphatic imine (C=N–C) groups is 1. The molecule has 1 aliphatic heterocycles. The third-order valence-electron chi connectivity index (χ3n) is 4.41. The first-order chi connectivity index (χ1) is 13.2. The maximum Gasteiger partial charge on any atom is 0.191 e. The van der Waals surface area contributed by atoms with Crippen LogP contribution in [0.1, 0.15) is 12.5 Å². The molecule has 0 spiro atoms. The Balaban J connectivity index is 0.00000280. The Morgan fingerprint density at radius 2 is 1.82 bits per heavy atom. The quantitative estimate of drug-likeness (QED) is 0.190. The van der Waals surface area contributed by atoms with Crippen molar-refractivity contribution in [3.63, 3.8) is 0 Å². The first kappa shape index (κ1) is 22.6. The first-order valence-corrected chi connectivity index (χ1v) is 10.3. The Hall–Kier alpha value is -1.67. The SMILES string of the molecule is CN=C(NCc1cccc(N2CC=CC2)c1)NCC(C)Sc1ccccc1.I. The molecular weight excluding hydrogens is 479 g/mol. The van der Waals surface area contributed by atoms with E-state index in [1.54, 1.807) is 0 Å². The minimum atomic E-state index is 0. The van der Waals surface area contributed by atoms with E-state index in [1.807, 2.05) is 24.9 Å². The summed E-state index contributed by atoms with van der Waals surface area (Å²) in [6, 6.07) is 19.2. The zero-order chi connectivity index (χ0) is 18.9. The van der Waals surface area contributed by atoms with Crippen LogP contribution in [-0.2, 0) is 6.54 Å². The molecule has 0 saturated carbocycles. The Bertz CT molecular complexity index is 771. The number of hydrogen-bond acceptors (Lipinski definition) is 3. The summed E-state index contributed by atoms with van der Waals surface area (Å²) in [5.41, 5.74) is 2.53. The predicted octanol–water partition coefficient (Wildman–Crippen LogP) is 4.53. The number of rotatable bonds is 7. The second-order valence-electron chi connectivity index (χ2n) is 6.59. The van der Waals surface area contributed by atoms with Gasteiger partial charge in [-0.15, -0.1) is 35.7 Å². The molecule has 0 aromatic heterocycles. The van der Waals surface area contributed by atoms with E-state index in [1.165, 1.54) is 16.1 Å². The van der Waals surface area contributed by atoms with Crippen molar-refractivity contribution in [2.45, 2.75) is 23.6 Å². The molecule has 0 saturated heterocycles. The summed E-state index contributed by atoms with van der Waals surface area (Å²) >= 11 is 1.87. The lowest BCUT2D eigenvalue weighted by molar-refractivity contribution is 0.790. The van der Waals surface area contributed by atoms with Crippen LogP contribution in [0.25, 0.3) is 0 Å². The van der Waals surface area contributed by atoms with Crippen molar-refractivity contribution < 1.29 is 0 Å². The highest BCUT2D eigenvalue weighted by Gasteiger charge is 2.09. The zero-order valence-electron chi connectivity index (χ0n) is 16.5. The Kier molecular flexibility index (Phi) is 9.70. The van der Waals surface area contributed by atoms with Crippen LogP contribution in [-0.4, -0.2) is 37.9 Å². The Labute approximate surface area is 189 Å². The van der Waals surface area contributed by atoms with Crippen molar-refractivity contribution >= 4 is 47.4 Å². The molecule has 0 bridgehead atoms. The van der Waals surface area contributed by atoms with Crippen LogP contribution in [0.5, 0.6) is 0 Å². The van der Waals surface area contributed by atoms with Crippen molar-refractivity contribution in [1.29, 1.82) is 0 Å². The summed E-state index contributed by atoms with van der Waals surface area (Å²) in [4.78, 5) is 8.00. The highest BCUT2D eigenvalue weighted by atomic mass is 127. The number of thioether (sulfide) groups is 1. The Morgan fingerprint density at radius 3 is 2.54 bits per heavy atom. The minimum absolute atomic E-state index is 0. The minimum Gasteiger partial charge on any atom is -0.364 e. The normalized spacial score (nSPS) is 14.5. The molecule has 28 heavy (non-hydrogen) atoms. The summed E-state index contributed by atoms with van der Waals surface area (Å²) in [5, 5.41) is 7.30. The maximum atomic E-state index is 4.35. The standard InChI is InChI=1S/C22H28N4S.HI/c1-18(27-21-11-4-3-5-12-21)16-24-22(23-2)25-17-19-9-8-10-20(15-19)26-13-6-7-14-26;/h3-12,15,18H,13-14,16-17H2,1-2H3,(H2,23,24,25);1H. The van der Waals surface area contributed by atoms with Gasteiger partial charge in [0.1, 0.15) is 0 Å². The second kappa shape index (κ2) is 12.0. The van der Waals surface area contributed by atoms with E-state index in [2.05, 4.69) is 88.1 Å². The van der Waals surface area contributed by atoms with Gasteiger partial charge in [0.25, 0.3) is 0 Å². The van der Waals surface area contributed by atoms with Crippen LogP contribution in [0.2, 0.25) is 0 Å². The van der Waals surface area contributed by atoms with E-state index >= 15 is 0 Å². The van der Waals surface area contributed by atoms with E-state index in [-0.39, 0.29) is 24.0 Å². The molecule has 0 fully saturated rings. The maximum absolute atomic E-state index is 4.35. The first-order valence-electron chi connectivity index (χ1n) is 9.39. The van der Waals surface area contributed by atoms with E-state index in [9.17, 15) is 0 Å². The van der Waals surface area contributed by atoms with E-state index in [0.29, 0.717) is 5.25 Å². The number of anilines is 1. The molecule has 3 rings (SSSR count). The number of nitrogens with one attached hydrogen (secondary N) is 2. The fourth-order valence-electron chi connectivity index (χ4n) is 2.97. The van der Waals surface area contributed by atoms with Gasteiger partial charge >= 0.3 is 0 Å². The van der Waals surface area contributed by atoms with Gasteiger partial charge in [0, 0.05) is 49.1 Å². The summed E-state index contributed by atoms with van der Waals surface area (Å²) < 4.78 is 0. The molecule has 0 aliphatic carbocycles. The van der Waals surface area contributed by atoms with Crippen molar-refractivity contribution in [2.75, 3.05) is 31.6 Å². The number of hydrogen-bond donors (Lipinski definition) is 2. The molecule has 2 aromatic carbocycles. The molecule has 1 unspecified atom stereocenters. The van der Waals surface area contributed by atoms with Gasteiger partial charge in [-0.05, 0) is 29.8 Å². The zero-order valence-corrected chi connectivity index (χ0v) is 19.6. The number of guanidine groups is 1. The lowest BCUT2D eigenvalue weighted by Gasteiger charge is -2.19. The van der Waals surface area contributed by atoms with Crippen molar-refractivity contribution in [3.8, 4) is 0 Å². The van der Waals surface area contributed by atoms with E-state index in [4.69, 9.17) is 0 Å². The summed E-state index contributed by atoms with van der Waals surface area (Å²) in [6.45, 7) is 5.84. The predicted molar refractivity (Wildman–Crippen MR) is 133 cm³/mol. The summed E-state index contributed by atoms with van der Waals surface area (Å²) in [6.07, 6.45) is 4.43. The highest BCUT2D eigenvalue weighted by Crippen LogP contribution is 2.22. The highest BCUT2D eigenvalue weighted by molar-refractivity contribution is 14.0. The molecule has 1 atom stereocenters. The summed E-state index contributed by atoms with van der Waals surface area (Å²) in [7, 11) is 1.82. The average Bonchev–Trinajstić information content (AvgIpc) is 3.24. The fraction of sp³-hybridized carbons (Fsp3) is 0.318. The topological polar surface area (TPSA) is 39.7 Å². The van der Waals surface area contributed by atoms with Crippen LogP contribution in [0.15, 0.2) is 76.6 Å². The Morgan fingerprint density at radius 1 is 1.07 bits per heavy atom. The number of halogens is 1. The van der Waals surface area contributed by atoms with Crippen LogP contribution >= 0.6 is 35.7 Å². The molecule has 0 radical (unpaired) electrons. The monoisotopic (exact) mass is 508 g/mol. The van der Waals surface area contributed by atoms with Gasteiger partial charge < -0.3 is 15.5 Å². The van der Waals surface area contributed by atoms with Gasteiger partial charge in [0.2, 0.25) is 0 Å². The van der Waals surface area contributed by atoms with E-state index < -0.39 is 0 Å². The van der Waals surface area contributed by atoms with Gasteiger partial charge in [-0.1, -0.05) is 49.4 Å². The van der Waals surface area contributed by atoms with Crippen LogP contribution in [0, 0.1) is 0 Å². The third kappa shape index (κ3) is 7.05. The molecule has 1 heterocycles. The van der Waals surface area contributed by atoms with Crippen molar-refractivity contribution in [3.05, 3.63) is 72.3 Å². The van der Waals surface area contributed by atoms with Crippen LogP contribution < -0.4 is 15.5 Å². The number of nitrogens with zero attached hydrogens (tertiary/aromatic N) is 2. The second-order valence-corrected chi connectivity index (χ2v) is 8.11. The van der Waals surface area contributed by atoms with Gasteiger partial charge in [-0.2, -0.15) is 0 Å². The van der Waals surface area contributed by atoms with Crippen molar-refractivity contribution in [1.82, 2.24) is 10.6 Å². The molecule has 6 heteroatoms. The smallest absolute Gasteiger partial charge is 0.191 e. The van der Waals surface area contributed by atoms with Gasteiger partial charge in [0.05, 0.1) is 0 Å². The molecular formula is C22H29IN4S. The van der Waals surface area contributed by atoms with E-state index in [0.717, 1.165) is 32.1 Å². The fourth-order valence-corrected chi connectivity index (χ4v) is 3.92. The molecule has 150 valence electrons. The largest absolute Gasteiger partial charge is 0.364 e. The lowest BCUT2D eigenvalue weighted by Crippen LogP contribution is -2.39. The lowest BCUT2D eigenvalue weighted by atomic mass is 10.2. The van der Waals surface area contributed by atoms with Crippen LogP contribution in [0.4, 0.5) is 5.69 Å². The molecule has 2 N–H and O–H groups in total. The van der Waals surface area contributed by atoms with Crippen LogP contribution in [0.3, 0.4) is 0 Å². The number of benzene rings is 2.